The molecule has 1 aliphatic carbocycles. The highest BCUT2D eigenvalue weighted by molar-refractivity contribution is 5.12. The Kier molecular flexibility index (Phi) is 3.40. The minimum Gasteiger partial charge on any atom is -0.472 e. The van der Waals surface area contributed by atoms with E-state index in [1.54, 1.807) is 12.5 Å². The van der Waals surface area contributed by atoms with E-state index in [0.717, 1.165) is 6.54 Å². The zero-order chi connectivity index (χ0) is 13.2. The van der Waals surface area contributed by atoms with Crippen LogP contribution in [-0.2, 0) is 6.54 Å². The topological polar surface area (TPSA) is 60.2 Å². The van der Waals surface area contributed by atoms with Gasteiger partial charge < -0.3 is 14.7 Å². The summed E-state index contributed by atoms with van der Waals surface area (Å²) >= 11 is 0. The maximum atomic E-state index is 5.98. The summed E-state index contributed by atoms with van der Waals surface area (Å²) in [6.07, 6.45) is 9.87. The molecule has 0 aromatic carbocycles. The summed E-state index contributed by atoms with van der Waals surface area (Å²) in [6, 6.07) is 2.81. The number of hydrogen-bond donors (Lipinski definition) is 1. The van der Waals surface area contributed by atoms with Crippen LogP contribution in [0.15, 0.2) is 35.5 Å². The number of nitrogens with zero attached hydrogens (tertiary/aromatic N) is 3. The molecule has 5 heteroatoms. The van der Waals surface area contributed by atoms with Crippen LogP contribution in [-0.4, -0.2) is 28.0 Å². The van der Waals surface area contributed by atoms with Crippen molar-refractivity contribution in [2.45, 2.75) is 31.5 Å². The first-order valence-electron chi connectivity index (χ1n) is 6.72. The van der Waals surface area contributed by atoms with Crippen molar-refractivity contribution < 1.29 is 4.42 Å². The molecule has 2 N–H and O–H groups in total. The Balaban J connectivity index is 1.77. The number of furan rings is 1. The molecule has 1 aliphatic rings. The second-order valence-corrected chi connectivity index (χ2v) is 5.26. The van der Waals surface area contributed by atoms with Crippen molar-refractivity contribution in [1.29, 1.82) is 0 Å². The lowest BCUT2D eigenvalue weighted by Crippen LogP contribution is -2.31. The van der Waals surface area contributed by atoms with Gasteiger partial charge in [0, 0.05) is 30.9 Å². The quantitative estimate of drug-likeness (QED) is 0.862. The molecule has 5 nitrogen and oxygen atoms in total. The van der Waals surface area contributed by atoms with E-state index in [4.69, 9.17) is 10.2 Å². The fourth-order valence-corrected chi connectivity index (χ4v) is 2.54. The maximum Gasteiger partial charge on any atom is 0.0951 e. The van der Waals surface area contributed by atoms with Crippen molar-refractivity contribution in [3.63, 3.8) is 0 Å². The Morgan fingerprint density at radius 1 is 1.58 bits per heavy atom. The Bertz CT molecular complexity index is 515. The number of aromatic nitrogens is 2. The van der Waals surface area contributed by atoms with Crippen LogP contribution in [0.2, 0.25) is 0 Å². The average Bonchev–Trinajstić information content (AvgIpc) is 2.91. The number of rotatable bonds is 6. The largest absolute Gasteiger partial charge is 0.472 e. The molecule has 2 aromatic heterocycles. The zero-order valence-corrected chi connectivity index (χ0v) is 11.2. The molecular weight excluding hydrogens is 240 g/mol. The van der Waals surface area contributed by atoms with Crippen LogP contribution in [0.1, 0.15) is 36.2 Å². The van der Waals surface area contributed by atoms with E-state index in [-0.39, 0.29) is 6.04 Å². The van der Waals surface area contributed by atoms with E-state index in [0.29, 0.717) is 12.6 Å². The molecule has 0 aliphatic heterocycles. The number of imidazole rings is 1. The first kappa shape index (κ1) is 12.4. The number of hydrogen-bond acceptors (Lipinski definition) is 4. The van der Waals surface area contributed by atoms with Gasteiger partial charge in [-0.1, -0.05) is 0 Å². The van der Waals surface area contributed by atoms with Crippen LogP contribution in [0.5, 0.6) is 0 Å². The van der Waals surface area contributed by atoms with Gasteiger partial charge in [0.1, 0.15) is 0 Å². The summed E-state index contributed by atoms with van der Waals surface area (Å²) in [5.41, 5.74) is 8.36. The summed E-state index contributed by atoms with van der Waals surface area (Å²) in [5, 5.41) is 0. The van der Waals surface area contributed by atoms with Gasteiger partial charge in [-0.05, 0) is 26.0 Å². The molecule has 2 aromatic rings. The standard InChI is InChI=1S/C14H20N4O/c1-17(8-11-4-5-19-9-11)13(6-15)14-7-16-10-18(14)12-2-3-12/h4-5,7,9-10,12-13H,2-3,6,8,15H2,1H3. The van der Waals surface area contributed by atoms with E-state index in [1.165, 1.54) is 24.1 Å². The first-order chi connectivity index (χ1) is 9.29. The monoisotopic (exact) mass is 260 g/mol. The molecule has 0 radical (unpaired) electrons. The highest BCUT2D eigenvalue weighted by Gasteiger charge is 2.28. The summed E-state index contributed by atoms with van der Waals surface area (Å²) < 4.78 is 7.40. The van der Waals surface area contributed by atoms with Crippen LogP contribution in [0.25, 0.3) is 0 Å². The second kappa shape index (κ2) is 5.19. The predicted molar refractivity (Wildman–Crippen MR) is 72.5 cm³/mol. The number of nitrogens with two attached hydrogens (primary N) is 1. The van der Waals surface area contributed by atoms with Gasteiger partial charge >= 0.3 is 0 Å². The number of likely N-dealkylation sites (N-methyl/N-ethyl adjacent to an activating group) is 1. The van der Waals surface area contributed by atoms with E-state index in [9.17, 15) is 0 Å². The molecule has 1 atom stereocenters. The molecular formula is C14H20N4O. The summed E-state index contributed by atoms with van der Waals surface area (Å²) in [4.78, 5) is 6.54. The van der Waals surface area contributed by atoms with Gasteiger partial charge in [0.15, 0.2) is 0 Å². The molecule has 1 saturated carbocycles. The lowest BCUT2D eigenvalue weighted by atomic mass is 10.1. The van der Waals surface area contributed by atoms with Gasteiger partial charge in [-0.25, -0.2) is 4.98 Å². The normalized spacial score (nSPS) is 17.0. The minimum absolute atomic E-state index is 0.193. The summed E-state index contributed by atoms with van der Waals surface area (Å²) in [6.45, 7) is 1.42. The van der Waals surface area contributed by atoms with Crippen molar-refractivity contribution >= 4 is 0 Å². The highest BCUT2D eigenvalue weighted by atomic mass is 16.3. The average molecular weight is 260 g/mol. The van der Waals surface area contributed by atoms with E-state index >= 15 is 0 Å². The van der Waals surface area contributed by atoms with Gasteiger partial charge in [0.05, 0.1) is 30.6 Å². The van der Waals surface area contributed by atoms with Gasteiger partial charge in [0.2, 0.25) is 0 Å². The fourth-order valence-electron chi connectivity index (χ4n) is 2.54. The van der Waals surface area contributed by atoms with Crippen LogP contribution in [0.3, 0.4) is 0 Å². The molecule has 1 fully saturated rings. The third-order valence-electron chi connectivity index (χ3n) is 3.75. The Hall–Kier alpha value is -1.59. The van der Waals surface area contributed by atoms with Gasteiger partial charge in [-0.2, -0.15) is 0 Å². The minimum atomic E-state index is 0.193. The predicted octanol–water partition coefficient (Wildman–Crippen LogP) is 1.94. The smallest absolute Gasteiger partial charge is 0.0951 e. The second-order valence-electron chi connectivity index (χ2n) is 5.26. The van der Waals surface area contributed by atoms with Crippen LogP contribution < -0.4 is 5.73 Å². The van der Waals surface area contributed by atoms with Crippen molar-refractivity contribution in [2.24, 2.45) is 5.73 Å². The maximum absolute atomic E-state index is 5.98. The van der Waals surface area contributed by atoms with Gasteiger partial charge in [-0.15, -0.1) is 0 Å². The molecule has 2 heterocycles. The summed E-state index contributed by atoms with van der Waals surface area (Å²) in [7, 11) is 2.09. The van der Waals surface area contributed by atoms with Crippen molar-refractivity contribution in [3.8, 4) is 0 Å². The molecule has 0 spiro atoms. The van der Waals surface area contributed by atoms with E-state index in [2.05, 4.69) is 21.5 Å². The van der Waals surface area contributed by atoms with Gasteiger partial charge in [-0.3, -0.25) is 4.90 Å². The lowest BCUT2D eigenvalue weighted by molar-refractivity contribution is 0.231. The molecule has 102 valence electrons. The summed E-state index contributed by atoms with van der Waals surface area (Å²) in [5.74, 6) is 0. The molecule has 1 unspecified atom stereocenters. The molecule has 19 heavy (non-hydrogen) atoms. The zero-order valence-electron chi connectivity index (χ0n) is 11.2. The van der Waals surface area contributed by atoms with Crippen LogP contribution in [0, 0.1) is 0 Å². The molecule has 3 rings (SSSR count). The van der Waals surface area contributed by atoms with E-state index < -0.39 is 0 Å². The van der Waals surface area contributed by atoms with Gasteiger partial charge in [0.25, 0.3) is 0 Å². The van der Waals surface area contributed by atoms with Crippen molar-refractivity contribution in [3.05, 3.63) is 42.4 Å². The molecule has 0 saturated heterocycles. The third kappa shape index (κ3) is 2.57. The van der Waals surface area contributed by atoms with E-state index in [1.807, 2.05) is 18.6 Å². The Morgan fingerprint density at radius 3 is 3.05 bits per heavy atom. The first-order valence-corrected chi connectivity index (χ1v) is 6.72. The lowest BCUT2D eigenvalue weighted by Gasteiger charge is -2.27. The Morgan fingerprint density at radius 2 is 2.42 bits per heavy atom. The fraction of sp³-hybridized carbons (Fsp3) is 0.500. The third-order valence-corrected chi connectivity index (χ3v) is 3.75. The SMILES string of the molecule is CN(Cc1ccoc1)C(CN)c1cncn1C1CC1. The van der Waals surface area contributed by atoms with Crippen LogP contribution >= 0.6 is 0 Å². The highest BCUT2D eigenvalue weighted by Crippen LogP contribution is 2.37. The van der Waals surface area contributed by atoms with Crippen LogP contribution in [0.4, 0.5) is 0 Å². The molecule has 0 bridgehead atoms. The molecule has 0 amide bonds. The van der Waals surface area contributed by atoms with Crippen molar-refractivity contribution in [1.82, 2.24) is 14.5 Å². The Labute approximate surface area is 113 Å². The van der Waals surface area contributed by atoms with Crippen molar-refractivity contribution in [2.75, 3.05) is 13.6 Å².